The number of Topliss-reactive ketones (excluding diaryl/α,β-unsaturated/α-hetero) is 2. The molecule has 1 aromatic heterocycles. The maximum atomic E-state index is 13.0. The van der Waals surface area contributed by atoms with Gasteiger partial charge in [0.25, 0.3) is 0 Å². The lowest BCUT2D eigenvalue weighted by atomic mass is 9.86. The van der Waals surface area contributed by atoms with Crippen LogP contribution in [-0.2, 0) is 16.0 Å². The summed E-state index contributed by atoms with van der Waals surface area (Å²) in [5.41, 5.74) is 5.35. The molecule has 3 unspecified atom stereocenters. The summed E-state index contributed by atoms with van der Waals surface area (Å²) >= 11 is 0. The van der Waals surface area contributed by atoms with Gasteiger partial charge in [0.2, 0.25) is 0 Å². The van der Waals surface area contributed by atoms with Crippen LogP contribution in [0.3, 0.4) is 0 Å². The molecule has 1 aromatic carbocycles. The van der Waals surface area contributed by atoms with Crippen LogP contribution in [0.1, 0.15) is 59.0 Å². The Morgan fingerprint density at radius 3 is 2.42 bits per heavy atom. The first-order valence-corrected chi connectivity index (χ1v) is 9.06. The van der Waals surface area contributed by atoms with Gasteiger partial charge in [-0.3, -0.25) is 14.6 Å². The Kier molecular flexibility index (Phi) is 5.05. The molecule has 2 aromatic rings. The van der Waals surface area contributed by atoms with Gasteiger partial charge in [-0.2, -0.15) is 0 Å². The Morgan fingerprint density at radius 2 is 1.81 bits per heavy atom. The molecule has 1 saturated carbocycles. The SMILES string of the molecule is Cc1cc(C)c(C2C(=O)CC(Cc3cccc(C(C)O)n3)C2=O)c(C)c1. The first-order valence-electron chi connectivity index (χ1n) is 9.06. The van der Waals surface area contributed by atoms with Crippen molar-refractivity contribution in [2.45, 2.75) is 52.6 Å². The zero-order valence-corrected chi connectivity index (χ0v) is 15.7. The van der Waals surface area contributed by atoms with Crippen molar-refractivity contribution in [2.24, 2.45) is 5.92 Å². The molecule has 0 bridgehead atoms. The smallest absolute Gasteiger partial charge is 0.151 e. The fourth-order valence-corrected chi connectivity index (χ4v) is 4.08. The minimum absolute atomic E-state index is 0.00161. The van der Waals surface area contributed by atoms with E-state index in [9.17, 15) is 14.7 Å². The summed E-state index contributed by atoms with van der Waals surface area (Å²) in [4.78, 5) is 30.1. The summed E-state index contributed by atoms with van der Waals surface area (Å²) < 4.78 is 0. The molecule has 3 rings (SSSR count). The molecule has 0 aliphatic heterocycles. The van der Waals surface area contributed by atoms with Crippen LogP contribution in [0.25, 0.3) is 0 Å². The minimum Gasteiger partial charge on any atom is -0.387 e. The number of hydrogen-bond acceptors (Lipinski definition) is 4. The van der Waals surface area contributed by atoms with Crippen molar-refractivity contribution >= 4 is 11.6 Å². The van der Waals surface area contributed by atoms with E-state index in [0.29, 0.717) is 12.1 Å². The van der Waals surface area contributed by atoms with Crippen LogP contribution in [0.2, 0.25) is 0 Å². The minimum atomic E-state index is -0.652. The number of carbonyl (C=O) groups is 2. The summed E-state index contributed by atoms with van der Waals surface area (Å²) in [5.74, 6) is -0.999. The van der Waals surface area contributed by atoms with Gasteiger partial charge in [0.1, 0.15) is 11.7 Å². The Balaban J connectivity index is 1.87. The molecule has 4 nitrogen and oxygen atoms in total. The van der Waals surface area contributed by atoms with E-state index in [4.69, 9.17) is 0 Å². The number of benzene rings is 1. The molecule has 0 amide bonds. The van der Waals surface area contributed by atoms with E-state index in [0.717, 1.165) is 27.9 Å². The van der Waals surface area contributed by atoms with Crippen LogP contribution in [0.15, 0.2) is 30.3 Å². The van der Waals surface area contributed by atoms with E-state index in [1.807, 2.05) is 45.0 Å². The highest BCUT2D eigenvalue weighted by atomic mass is 16.3. The zero-order chi connectivity index (χ0) is 19.0. The Bertz CT molecular complexity index is 846. The van der Waals surface area contributed by atoms with Crippen LogP contribution in [0.5, 0.6) is 0 Å². The topological polar surface area (TPSA) is 67.3 Å². The predicted octanol–water partition coefficient (Wildman–Crippen LogP) is 3.54. The maximum absolute atomic E-state index is 13.0. The molecule has 136 valence electrons. The quantitative estimate of drug-likeness (QED) is 0.856. The number of ketones is 2. The monoisotopic (exact) mass is 351 g/mol. The predicted molar refractivity (Wildman–Crippen MR) is 100 cm³/mol. The van der Waals surface area contributed by atoms with Gasteiger partial charge in [0, 0.05) is 18.0 Å². The molecule has 1 heterocycles. The number of pyridine rings is 1. The highest BCUT2D eigenvalue weighted by Gasteiger charge is 2.43. The molecule has 1 N–H and O–H groups in total. The van der Waals surface area contributed by atoms with E-state index in [1.54, 1.807) is 13.0 Å². The van der Waals surface area contributed by atoms with Crippen molar-refractivity contribution in [1.82, 2.24) is 4.98 Å². The van der Waals surface area contributed by atoms with Crippen molar-refractivity contribution < 1.29 is 14.7 Å². The molecule has 0 radical (unpaired) electrons. The van der Waals surface area contributed by atoms with E-state index >= 15 is 0 Å². The van der Waals surface area contributed by atoms with Gasteiger partial charge in [-0.1, -0.05) is 23.8 Å². The normalized spacial score (nSPS) is 21.3. The summed E-state index contributed by atoms with van der Waals surface area (Å²) in [5, 5.41) is 9.69. The molecule has 1 aliphatic rings. The summed E-state index contributed by atoms with van der Waals surface area (Å²) in [6, 6.07) is 9.50. The van der Waals surface area contributed by atoms with Crippen LogP contribution in [0.4, 0.5) is 0 Å². The van der Waals surface area contributed by atoms with Gasteiger partial charge in [-0.15, -0.1) is 0 Å². The summed E-state index contributed by atoms with van der Waals surface area (Å²) in [6.07, 6.45) is 0.0454. The average molecular weight is 351 g/mol. The van der Waals surface area contributed by atoms with E-state index < -0.39 is 12.0 Å². The number of aliphatic hydroxyl groups is 1. The molecule has 3 atom stereocenters. The van der Waals surface area contributed by atoms with Gasteiger partial charge in [0.15, 0.2) is 5.78 Å². The number of aliphatic hydroxyl groups excluding tert-OH is 1. The average Bonchev–Trinajstić information content (AvgIpc) is 2.82. The van der Waals surface area contributed by atoms with Gasteiger partial charge in [-0.05, 0) is 62.9 Å². The standard InChI is InChI=1S/C22H25NO3/c1-12-8-13(2)20(14(3)9-12)21-19(25)11-16(22(21)26)10-17-6-5-7-18(23-17)15(4)24/h5-9,15-16,21,24H,10-11H2,1-4H3. The Labute approximate surface area is 154 Å². The number of hydrogen-bond donors (Lipinski definition) is 1. The van der Waals surface area contributed by atoms with E-state index in [-0.39, 0.29) is 23.9 Å². The van der Waals surface area contributed by atoms with Gasteiger partial charge in [-0.25, -0.2) is 0 Å². The molecule has 0 saturated heterocycles. The Morgan fingerprint density at radius 1 is 1.15 bits per heavy atom. The van der Waals surface area contributed by atoms with Gasteiger partial charge >= 0.3 is 0 Å². The first kappa shape index (κ1) is 18.5. The number of carbonyl (C=O) groups excluding carboxylic acids is 2. The van der Waals surface area contributed by atoms with E-state index in [2.05, 4.69) is 4.98 Å². The number of aromatic nitrogens is 1. The fraction of sp³-hybridized carbons (Fsp3) is 0.409. The summed E-state index contributed by atoms with van der Waals surface area (Å²) in [7, 11) is 0. The lowest BCUT2D eigenvalue weighted by molar-refractivity contribution is -0.124. The molecule has 4 heteroatoms. The second kappa shape index (κ2) is 7.12. The van der Waals surface area contributed by atoms with Crippen LogP contribution in [0, 0.1) is 26.7 Å². The molecular formula is C22H25NO3. The maximum Gasteiger partial charge on any atom is 0.151 e. The van der Waals surface area contributed by atoms with Crippen LogP contribution in [-0.4, -0.2) is 21.7 Å². The van der Waals surface area contributed by atoms with Gasteiger partial charge in [0.05, 0.1) is 11.8 Å². The highest BCUT2D eigenvalue weighted by Crippen LogP contribution is 2.37. The van der Waals surface area contributed by atoms with E-state index in [1.165, 1.54) is 0 Å². The van der Waals surface area contributed by atoms with Crippen molar-refractivity contribution in [3.63, 3.8) is 0 Å². The largest absolute Gasteiger partial charge is 0.387 e. The third-order valence-electron chi connectivity index (χ3n) is 5.20. The van der Waals surface area contributed by atoms with Gasteiger partial charge < -0.3 is 5.11 Å². The third kappa shape index (κ3) is 3.47. The zero-order valence-electron chi connectivity index (χ0n) is 15.7. The number of rotatable bonds is 4. The van der Waals surface area contributed by atoms with Crippen molar-refractivity contribution in [3.8, 4) is 0 Å². The third-order valence-corrected chi connectivity index (χ3v) is 5.20. The van der Waals surface area contributed by atoms with Crippen molar-refractivity contribution in [2.75, 3.05) is 0 Å². The molecule has 1 aliphatic carbocycles. The molecule has 26 heavy (non-hydrogen) atoms. The highest BCUT2D eigenvalue weighted by molar-refractivity contribution is 6.15. The van der Waals surface area contributed by atoms with Crippen molar-refractivity contribution in [3.05, 3.63) is 64.0 Å². The number of aryl methyl sites for hydroxylation is 3. The Hall–Kier alpha value is -2.33. The van der Waals surface area contributed by atoms with Crippen LogP contribution < -0.4 is 0 Å². The van der Waals surface area contributed by atoms with Crippen molar-refractivity contribution in [1.29, 1.82) is 0 Å². The molecular weight excluding hydrogens is 326 g/mol. The second-order valence-corrected chi connectivity index (χ2v) is 7.45. The summed E-state index contributed by atoms with van der Waals surface area (Å²) in [6.45, 7) is 7.62. The van der Waals surface area contributed by atoms with Crippen LogP contribution >= 0.6 is 0 Å². The number of nitrogens with zero attached hydrogens (tertiary/aromatic N) is 1. The molecule has 0 spiro atoms. The second-order valence-electron chi connectivity index (χ2n) is 7.45. The fourth-order valence-electron chi connectivity index (χ4n) is 4.08. The molecule has 1 fully saturated rings. The lowest BCUT2D eigenvalue weighted by Crippen LogP contribution is -2.19. The lowest BCUT2D eigenvalue weighted by Gasteiger charge is -2.16. The first-order chi connectivity index (χ1) is 12.3.